The zero-order chi connectivity index (χ0) is 18.1. The van der Waals surface area contributed by atoms with E-state index in [9.17, 15) is 4.79 Å². The molecule has 0 spiro atoms. The van der Waals surface area contributed by atoms with Crippen LogP contribution in [0.15, 0.2) is 46.9 Å². The lowest BCUT2D eigenvalue weighted by Crippen LogP contribution is -2.39. The van der Waals surface area contributed by atoms with Crippen molar-refractivity contribution in [2.45, 2.75) is 31.8 Å². The Morgan fingerprint density at radius 2 is 2.19 bits per heavy atom. The number of nitrogens with zero attached hydrogens (tertiary/aromatic N) is 1. The van der Waals surface area contributed by atoms with E-state index in [0.29, 0.717) is 23.0 Å². The number of hydrazine groups is 1. The van der Waals surface area contributed by atoms with Crippen LogP contribution in [0.25, 0.3) is 11.1 Å². The number of carbonyl (C=O) groups is 1. The first-order valence-corrected chi connectivity index (χ1v) is 8.97. The molecule has 6 nitrogen and oxygen atoms in total. The second-order valence-corrected chi connectivity index (χ2v) is 6.75. The average Bonchev–Trinajstić information content (AvgIpc) is 3.28. The number of amides is 1. The molecule has 2 atom stereocenters. The molecule has 1 saturated heterocycles. The Morgan fingerprint density at radius 3 is 3.00 bits per heavy atom. The normalized spacial score (nSPS) is 19.8. The van der Waals surface area contributed by atoms with E-state index < -0.39 is 0 Å². The van der Waals surface area contributed by atoms with Gasteiger partial charge in [0.05, 0.1) is 0 Å². The minimum atomic E-state index is -0.335. The first-order chi connectivity index (χ1) is 12.6. The van der Waals surface area contributed by atoms with Crippen molar-refractivity contribution in [1.82, 2.24) is 15.8 Å². The molecule has 0 aliphatic carbocycles. The van der Waals surface area contributed by atoms with Gasteiger partial charge in [-0.15, -0.1) is 0 Å². The summed E-state index contributed by atoms with van der Waals surface area (Å²) in [6, 6.07) is 12.8. The number of oxazole rings is 1. The number of rotatable bonds is 4. The summed E-state index contributed by atoms with van der Waals surface area (Å²) in [5.74, 6) is 0.593. The Morgan fingerprint density at radius 1 is 1.31 bits per heavy atom. The Labute approximate surface area is 155 Å². The topological polar surface area (TPSA) is 79.2 Å². The number of nitrogens with one attached hydrogen (secondary N) is 3. The van der Waals surface area contributed by atoms with E-state index in [0.717, 1.165) is 23.1 Å². The van der Waals surface area contributed by atoms with E-state index >= 15 is 0 Å². The minimum absolute atomic E-state index is 0.0367. The molecule has 1 amide bonds. The van der Waals surface area contributed by atoms with E-state index in [1.54, 1.807) is 0 Å². The average molecular weight is 371 g/mol. The van der Waals surface area contributed by atoms with Gasteiger partial charge in [-0.1, -0.05) is 30.7 Å². The fourth-order valence-corrected chi connectivity index (χ4v) is 3.30. The standard InChI is InChI=1S/C19H19ClN4O2/c1-2-18-22-15-9-13(6-7-17(15)26-18)21-19(25)16-10-14(23-24-16)11-4-3-5-12(20)8-11/h3-9,14,16,23-24H,2,10H2,1H3,(H,21,25). The molecule has 1 aromatic heterocycles. The third-order valence-corrected chi connectivity index (χ3v) is 4.71. The van der Waals surface area contributed by atoms with Crippen LogP contribution >= 0.6 is 11.6 Å². The summed E-state index contributed by atoms with van der Waals surface area (Å²) < 4.78 is 5.59. The number of carbonyl (C=O) groups excluding carboxylic acids is 1. The van der Waals surface area contributed by atoms with Crippen LogP contribution in [0.5, 0.6) is 0 Å². The monoisotopic (exact) mass is 370 g/mol. The van der Waals surface area contributed by atoms with E-state index in [-0.39, 0.29) is 18.0 Å². The SMILES string of the molecule is CCc1nc2cc(NC(=O)C3CC(c4cccc(Cl)c4)NN3)ccc2o1. The van der Waals surface area contributed by atoms with Crippen molar-refractivity contribution in [2.75, 3.05) is 5.32 Å². The van der Waals surface area contributed by atoms with Gasteiger partial charge in [0, 0.05) is 23.2 Å². The van der Waals surface area contributed by atoms with Crippen LogP contribution in [-0.4, -0.2) is 16.9 Å². The molecule has 134 valence electrons. The summed E-state index contributed by atoms with van der Waals surface area (Å²) in [5, 5.41) is 3.62. The summed E-state index contributed by atoms with van der Waals surface area (Å²) in [5.41, 5.74) is 9.44. The lowest BCUT2D eigenvalue weighted by molar-refractivity contribution is -0.117. The highest BCUT2D eigenvalue weighted by molar-refractivity contribution is 6.30. The fourth-order valence-electron chi connectivity index (χ4n) is 3.10. The Balaban J connectivity index is 1.43. The summed E-state index contributed by atoms with van der Waals surface area (Å²) in [7, 11) is 0. The predicted octanol–water partition coefficient (Wildman–Crippen LogP) is 3.59. The molecule has 3 aromatic rings. The maximum Gasteiger partial charge on any atom is 0.242 e. The predicted molar refractivity (Wildman–Crippen MR) is 101 cm³/mol. The zero-order valence-corrected chi connectivity index (χ0v) is 15.0. The number of hydrogen-bond acceptors (Lipinski definition) is 5. The largest absolute Gasteiger partial charge is 0.441 e. The van der Waals surface area contributed by atoms with Crippen LogP contribution in [0, 0.1) is 0 Å². The number of anilines is 1. The number of aryl methyl sites for hydroxylation is 1. The summed E-state index contributed by atoms with van der Waals surface area (Å²) in [6.45, 7) is 1.99. The molecular formula is C19H19ClN4O2. The van der Waals surface area contributed by atoms with Crippen molar-refractivity contribution < 1.29 is 9.21 Å². The highest BCUT2D eigenvalue weighted by atomic mass is 35.5. The third kappa shape index (κ3) is 3.44. The second kappa shape index (κ2) is 7.07. The lowest BCUT2D eigenvalue weighted by Gasteiger charge is -2.11. The molecule has 3 N–H and O–H groups in total. The van der Waals surface area contributed by atoms with Gasteiger partial charge in [-0.05, 0) is 42.3 Å². The molecule has 4 rings (SSSR count). The number of halogens is 1. The molecule has 0 radical (unpaired) electrons. The van der Waals surface area contributed by atoms with Gasteiger partial charge in [0.2, 0.25) is 5.91 Å². The van der Waals surface area contributed by atoms with Gasteiger partial charge in [0.15, 0.2) is 11.5 Å². The highest BCUT2D eigenvalue weighted by Crippen LogP contribution is 2.26. The van der Waals surface area contributed by atoms with Gasteiger partial charge in [0.25, 0.3) is 0 Å². The van der Waals surface area contributed by atoms with Crippen LogP contribution in [0.4, 0.5) is 5.69 Å². The van der Waals surface area contributed by atoms with Crippen LogP contribution in [0.3, 0.4) is 0 Å². The molecule has 2 heterocycles. The molecule has 1 aliphatic heterocycles. The van der Waals surface area contributed by atoms with Gasteiger partial charge in [-0.3, -0.25) is 4.79 Å². The van der Waals surface area contributed by atoms with Crippen LogP contribution < -0.4 is 16.2 Å². The smallest absolute Gasteiger partial charge is 0.242 e. The van der Waals surface area contributed by atoms with E-state index in [2.05, 4.69) is 21.2 Å². The first kappa shape index (κ1) is 17.0. The zero-order valence-electron chi connectivity index (χ0n) is 14.3. The summed E-state index contributed by atoms with van der Waals surface area (Å²) in [6.07, 6.45) is 1.37. The number of hydrogen-bond donors (Lipinski definition) is 3. The number of aromatic nitrogens is 1. The molecule has 1 fully saturated rings. The first-order valence-electron chi connectivity index (χ1n) is 8.59. The fraction of sp³-hybridized carbons (Fsp3) is 0.263. The molecule has 0 bridgehead atoms. The van der Waals surface area contributed by atoms with Crippen molar-refractivity contribution in [2.24, 2.45) is 0 Å². The number of benzene rings is 2. The molecular weight excluding hydrogens is 352 g/mol. The van der Waals surface area contributed by atoms with Crippen molar-refractivity contribution >= 4 is 34.3 Å². The van der Waals surface area contributed by atoms with Crippen molar-refractivity contribution in [3.05, 3.63) is 58.9 Å². The molecule has 7 heteroatoms. The van der Waals surface area contributed by atoms with E-state index in [1.165, 1.54) is 0 Å². The van der Waals surface area contributed by atoms with Crippen molar-refractivity contribution in [3.63, 3.8) is 0 Å². The lowest BCUT2D eigenvalue weighted by atomic mass is 10.0. The van der Waals surface area contributed by atoms with Crippen LogP contribution in [0.2, 0.25) is 5.02 Å². The van der Waals surface area contributed by atoms with Crippen molar-refractivity contribution in [3.8, 4) is 0 Å². The maximum absolute atomic E-state index is 12.6. The minimum Gasteiger partial charge on any atom is -0.441 e. The van der Waals surface area contributed by atoms with Gasteiger partial charge >= 0.3 is 0 Å². The maximum atomic E-state index is 12.6. The van der Waals surface area contributed by atoms with E-state index in [1.807, 2.05) is 49.4 Å². The highest BCUT2D eigenvalue weighted by Gasteiger charge is 2.30. The Hall–Kier alpha value is -2.41. The van der Waals surface area contributed by atoms with Crippen LogP contribution in [0.1, 0.15) is 30.8 Å². The van der Waals surface area contributed by atoms with Gasteiger partial charge in [-0.2, -0.15) is 0 Å². The number of fused-ring (bicyclic) bond motifs is 1. The second-order valence-electron chi connectivity index (χ2n) is 6.32. The molecule has 2 aromatic carbocycles. The van der Waals surface area contributed by atoms with E-state index in [4.69, 9.17) is 16.0 Å². The molecule has 26 heavy (non-hydrogen) atoms. The van der Waals surface area contributed by atoms with Gasteiger partial charge in [0.1, 0.15) is 11.6 Å². The van der Waals surface area contributed by atoms with Crippen LogP contribution in [-0.2, 0) is 11.2 Å². The van der Waals surface area contributed by atoms with Gasteiger partial charge in [-0.25, -0.2) is 15.8 Å². The Kier molecular flexibility index (Phi) is 4.63. The van der Waals surface area contributed by atoms with Gasteiger partial charge < -0.3 is 9.73 Å². The molecule has 1 aliphatic rings. The molecule has 0 saturated carbocycles. The molecule has 2 unspecified atom stereocenters. The third-order valence-electron chi connectivity index (χ3n) is 4.47. The quantitative estimate of drug-likeness (QED) is 0.654. The summed E-state index contributed by atoms with van der Waals surface area (Å²) >= 11 is 6.05. The Bertz CT molecular complexity index is 956. The summed E-state index contributed by atoms with van der Waals surface area (Å²) in [4.78, 5) is 17.0. The van der Waals surface area contributed by atoms with Crippen molar-refractivity contribution in [1.29, 1.82) is 0 Å².